The number of hydrogen-bond donors (Lipinski definition) is 1. The second-order valence-electron chi connectivity index (χ2n) is 4.43. The van der Waals surface area contributed by atoms with Crippen LogP contribution in [0, 0.1) is 0 Å². The van der Waals surface area contributed by atoms with Gasteiger partial charge in [0.2, 0.25) is 0 Å². The number of aryl methyl sites for hydroxylation is 2. The van der Waals surface area contributed by atoms with Crippen molar-refractivity contribution in [3.63, 3.8) is 0 Å². The van der Waals surface area contributed by atoms with E-state index in [0.29, 0.717) is 0 Å². The normalized spacial score (nSPS) is 16.3. The predicted octanol–water partition coefficient (Wildman–Crippen LogP) is -0.0132. The zero-order valence-corrected chi connectivity index (χ0v) is 9.21. The topological polar surface area (TPSA) is 20.2 Å². The van der Waals surface area contributed by atoms with E-state index in [1.165, 1.54) is 63.3 Å². The van der Waals surface area contributed by atoms with Gasteiger partial charge in [-0.3, -0.25) is 0 Å². The molecule has 0 atom stereocenters. The van der Waals surface area contributed by atoms with Crippen molar-refractivity contribution in [1.29, 1.82) is 0 Å². The van der Waals surface area contributed by atoms with Gasteiger partial charge in [0.05, 0.1) is 0 Å². The summed E-state index contributed by atoms with van der Waals surface area (Å²) in [6, 6.07) is 0. The molecule has 0 saturated heterocycles. The third-order valence-corrected chi connectivity index (χ3v) is 3.27. The van der Waals surface area contributed by atoms with E-state index in [4.69, 9.17) is 5.02 Å². The summed E-state index contributed by atoms with van der Waals surface area (Å²) in [4.78, 5) is 0. The first-order chi connectivity index (χ1) is 7.40. The number of hydrogen-bond acceptors (Lipinski definition) is 1. The van der Waals surface area contributed by atoms with Crippen molar-refractivity contribution in [3.8, 4) is 0 Å². The first kappa shape index (κ1) is 11.3. The molecule has 0 amide bonds. The van der Waals surface area contributed by atoms with Crippen LogP contribution in [0.1, 0.15) is 43.0 Å². The fraction of sp³-hybridized carbons (Fsp3) is 0.700. The molecule has 1 aliphatic rings. The van der Waals surface area contributed by atoms with Crippen LogP contribution >= 0.6 is 0 Å². The molecule has 1 heterocycles. The van der Waals surface area contributed by atoms with Crippen LogP contribution in [-0.2, 0) is 12.8 Å². The maximum absolute atomic E-state index is 9.00. The van der Waals surface area contributed by atoms with E-state index in [2.05, 4.69) is 13.7 Å². The Morgan fingerprint density at radius 2 is 1.53 bits per heavy atom. The zero-order chi connectivity index (χ0) is 10.5. The van der Waals surface area contributed by atoms with Crippen LogP contribution in [-0.4, -0.2) is 33.0 Å². The molecule has 0 saturated carbocycles. The molecule has 15 heavy (non-hydrogen) atoms. The van der Waals surface area contributed by atoms with E-state index in [1.807, 2.05) is 6.80 Å². The summed E-state index contributed by atoms with van der Waals surface area (Å²) in [5.41, 5.74) is 2.93. The molecule has 1 radical (unpaired) electrons. The van der Waals surface area contributed by atoms with Gasteiger partial charge in [0, 0.05) is 0 Å². The molecule has 73 valence electrons. The Morgan fingerprint density at radius 1 is 0.867 bits per heavy atom. The third-order valence-electron chi connectivity index (χ3n) is 3.27. The molecule has 0 aliphatic heterocycles. The summed E-state index contributed by atoms with van der Waals surface area (Å²) in [5, 5.41) is 9.93. The first-order valence-electron chi connectivity index (χ1n) is 5.99. The van der Waals surface area contributed by atoms with Crippen LogP contribution < -0.4 is 5.25 Å². The Kier molecular flexibility index (Phi) is 4.37. The monoisotopic (exact) mass is 195 g/mol. The van der Waals surface area contributed by atoms with Crippen LogP contribution in [0.4, 0.5) is 0 Å². The Balaban J connectivity index is 2.21. The SMILES string of the molecule is O[B]c1bbc2c(b1)CCCCCCC2. The molecule has 0 fully saturated rings. The van der Waals surface area contributed by atoms with Gasteiger partial charge in [-0.2, -0.15) is 0 Å². The van der Waals surface area contributed by atoms with Crippen molar-refractivity contribution in [3.05, 3.63) is 10.9 Å². The van der Waals surface area contributed by atoms with Crippen molar-refractivity contribution in [2.24, 2.45) is 0 Å². The molecule has 0 aromatic carbocycles. The fourth-order valence-electron chi connectivity index (χ4n) is 2.36. The van der Waals surface area contributed by atoms with Gasteiger partial charge in [-0.05, 0) is 0 Å². The average Bonchev–Trinajstić information content (AvgIpc) is 2.39. The Morgan fingerprint density at radius 3 is 2.27 bits per heavy atom. The second-order valence-corrected chi connectivity index (χ2v) is 4.43. The molecule has 0 bridgehead atoms. The Bertz CT molecular complexity index is 329. The molecule has 2 rings (SSSR count). The van der Waals surface area contributed by atoms with Crippen LogP contribution in [0.15, 0.2) is 0 Å². The molecular weight excluding hydrogens is 179 g/mol. The van der Waals surface area contributed by atoms with Crippen molar-refractivity contribution < 1.29 is 5.02 Å². The van der Waals surface area contributed by atoms with Gasteiger partial charge < -0.3 is 0 Å². The van der Waals surface area contributed by atoms with E-state index in [0.717, 1.165) is 5.25 Å². The van der Waals surface area contributed by atoms with E-state index in [1.54, 1.807) is 0 Å². The minimum atomic E-state index is 0.938. The Hall–Kier alpha value is -0.170. The van der Waals surface area contributed by atoms with Gasteiger partial charge in [0.1, 0.15) is 0 Å². The third kappa shape index (κ3) is 3.14. The summed E-state index contributed by atoms with van der Waals surface area (Å²) in [7, 11) is 1.20. The quantitative estimate of drug-likeness (QED) is 0.624. The van der Waals surface area contributed by atoms with Crippen molar-refractivity contribution in [2.45, 2.75) is 44.9 Å². The zero-order valence-electron chi connectivity index (χ0n) is 9.21. The minimum absolute atomic E-state index is 0.938. The van der Waals surface area contributed by atoms with Gasteiger partial charge in [-0.15, -0.1) is 0 Å². The van der Waals surface area contributed by atoms with Crippen LogP contribution in [0.5, 0.6) is 0 Å². The van der Waals surface area contributed by atoms with E-state index < -0.39 is 0 Å². The van der Waals surface area contributed by atoms with Crippen molar-refractivity contribution in [1.82, 2.24) is 0 Å². The molecule has 0 unspecified atom stereocenters. The summed E-state index contributed by atoms with van der Waals surface area (Å²) in [6.07, 6.45) is 9.10. The summed E-state index contributed by atoms with van der Waals surface area (Å²) in [5.74, 6) is 0. The Labute approximate surface area is 94.6 Å². The maximum atomic E-state index is 9.00. The molecule has 1 aromatic heterocycles. The van der Waals surface area contributed by atoms with Gasteiger partial charge in [0.15, 0.2) is 0 Å². The molecule has 5 heteroatoms. The van der Waals surface area contributed by atoms with Crippen molar-refractivity contribution in [2.75, 3.05) is 0 Å². The van der Waals surface area contributed by atoms with Crippen LogP contribution in [0.2, 0.25) is 0 Å². The van der Waals surface area contributed by atoms with E-state index in [-0.39, 0.29) is 0 Å². The molecule has 1 aromatic rings. The van der Waals surface area contributed by atoms with Gasteiger partial charge in [-0.1, -0.05) is 0 Å². The molecule has 1 N–H and O–H groups in total. The fourth-order valence-corrected chi connectivity index (χ4v) is 2.36. The molecule has 0 spiro atoms. The van der Waals surface area contributed by atoms with Gasteiger partial charge >= 0.3 is 94.1 Å². The van der Waals surface area contributed by atoms with Crippen LogP contribution in [0.25, 0.3) is 0 Å². The molecule has 1 nitrogen and oxygen atoms in total. The summed E-state index contributed by atoms with van der Waals surface area (Å²) < 4.78 is 0. The van der Waals surface area contributed by atoms with E-state index >= 15 is 0 Å². The average molecular weight is 194 g/mol. The summed E-state index contributed by atoms with van der Waals surface area (Å²) in [6.45, 7) is 6.33. The standard InChI is InChI=1S/C10H15B4O/c15-14-10-11-8-6-4-2-1-3-5-7-9(8)12-13-10/h15H,1-7H2. The molecule has 1 aliphatic carbocycles. The molecular formula is C10H15B4O. The van der Waals surface area contributed by atoms with E-state index in [9.17, 15) is 0 Å². The second kappa shape index (κ2) is 5.79. The number of rotatable bonds is 1. The van der Waals surface area contributed by atoms with Crippen LogP contribution in [0.3, 0.4) is 0 Å². The number of fused-ring (bicyclic) bond motifs is 1. The predicted molar refractivity (Wildman–Crippen MR) is 68.6 cm³/mol. The van der Waals surface area contributed by atoms with Gasteiger partial charge in [0.25, 0.3) is 0 Å². The van der Waals surface area contributed by atoms with Crippen molar-refractivity contribution >= 4 is 33.2 Å². The summed E-state index contributed by atoms with van der Waals surface area (Å²) >= 11 is 0. The first-order valence-corrected chi connectivity index (χ1v) is 5.99. The van der Waals surface area contributed by atoms with Gasteiger partial charge in [-0.25, -0.2) is 0 Å².